The Morgan fingerprint density at radius 3 is 1.46 bits per heavy atom. The summed E-state index contributed by atoms with van der Waals surface area (Å²) < 4.78 is 0. The van der Waals surface area contributed by atoms with Crippen LogP contribution in [0.3, 0.4) is 0 Å². The number of rotatable bonds is 0. The number of hydrogen-bond acceptors (Lipinski definition) is 4. The Labute approximate surface area is 166 Å². The highest BCUT2D eigenvalue weighted by Gasteiger charge is 2.66. The summed E-state index contributed by atoms with van der Waals surface area (Å²) in [6.07, 6.45) is 7.17. The smallest absolute Gasteiger partial charge is 0.246 e. The summed E-state index contributed by atoms with van der Waals surface area (Å²) in [6.45, 7) is 3.93. The third kappa shape index (κ3) is 2.15. The molecule has 3 saturated heterocycles. The van der Waals surface area contributed by atoms with Crippen LogP contribution in [0.1, 0.15) is 78.1 Å². The van der Waals surface area contributed by atoms with E-state index in [-0.39, 0.29) is 35.5 Å². The molecule has 0 N–H and O–H groups in total. The van der Waals surface area contributed by atoms with Crippen LogP contribution in [0.4, 0.5) is 0 Å². The van der Waals surface area contributed by atoms with Gasteiger partial charge in [0.15, 0.2) is 0 Å². The van der Waals surface area contributed by atoms with Gasteiger partial charge in [0.2, 0.25) is 11.8 Å². The van der Waals surface area contributed by atoms with E-state index in [0.717, 1.165) is 38.5 Å². The standard InChI is InChI=1S/C22H30N2O4/c1-21-11-13-19(27)24-14(12-22(2)16(24)8-4-6-10-18(22)26)20(28)23(13)15(21)7-3-5-9-17(21)25/h13-16H,3-12H2,1-2H3/t13-,14+,15-,16-,21-,22-/m1/s1. The monoisotopic (exact) mass is 386 g/mol. The molecule has 6 nitrogen and oxygen atoms in total. The van der Waals surface area contributed by atoms with Gasteiger partial charge in [-0.3, -0.25) is 19.2 Å². The first-order valence-corrected chi connectivity index (χ1v) is 11.0. The Hall–Kier alpha value is -1.72. The molecule has 0 aromatic carbocycles. The van der Waals surface area contributed by atoms with Crippen LogP contribution in [0, 0.1) is 10.8 Å². The van der Waals surface area contributed by atoms with Gasteiger partial charge < -0.3 is 9.80 Å². The average molecular weight is 386 g/mol. The van der Waals surface area contributed by atoms with E-state index in [2.05, 4.69) is 0 Å². The van der Waals surface area contributed by atoms with Gasteiger partial charge in [0.05, 0.1) is 0 Å². The molecule has 6 atom stereocenters. The van der Waals surface area contributed by atoms with Gasteiger partial charge in [0.1, 0.15) is 23.7 Å². The highest BCUT2D eigenvalue weighted by molar-refractivity contribution is 6.02. The van der Waals surface area contributed by atoms with E-state index in [1.165, 1.54) is 0 Å². The van der Waals surface area contributed by atoms with Crippen molar-refractivity contribution in [1.82, 2.24) is 9.80 Å². The number of ketones is 2. The Morgan fingerprint density at radius 2 is 1.07 bits per heavy atom. The first-order chi connectivity index (χ1) is 13.3. The second kappa shape index (κ2) is 5.90. The maximum absolute atomic E-state index is 13.6. The molecule has 2 aliphatic carbocycles. The maximum atomic E-state index is 13.6. The summed E-state index contributed by atoms with van der Waals surface area (Å²) in [7, 11) is 0. The van der Waals surface area contributed by atoms with Gasteiger partial charge in [0, 0.05) is 35.8 Å². The van der Waals surface area contributed by atoms with Crippen molar-refractivity contribution < 1.29 is 19.2 Å². The zero-order chi connectivity index (χ0) is 19.8. The van der Waals surface area contributed by atoms with Gasteiger partial charge in [0.25, 0.3) is 0 Å². The van der Waals surface area contributed by atoms with E-state index in [0.29, 0.717) is 25.7 Å². The van der Waals surface area contributed by atoms with Crippen LogP contribution in [0.15, 0.2) is 0 Å². The number of carbonyl (C=O) groups is 4. The third-order valence-corrected chi connectivity index (χ3v) is 8.66. The highest BCUT2D eigenvalue weighted by atomic mass is 16.2. The summed E-state index contributed by atoms with van der Waals surface area (Å²) in [5.74, 6) is 0.379. The first kappa shape index (κ1) is 18.3. The fraction of sp³-hybridized carbons (Fsp3) is 0.818. The fourth-order valence-electron chi connectivity index (χ4n) is 7.02. The SMILES string of the molecule is C[C@@]12C[C@@H]3C(=O)N4[C@@H](C[C@@]5(C)C(=O)CCCC[C@@H]45)C(=O)N3[C@@H]1CCCCC2=O. The minimum Gasteiger partial charge on any atom is -0.325 e. The van der Waals surface area contributed by atoms with E-state index in [4.69, 9.17) is 0 Å². The summed E-state index contributed by atoms with van der Waals surface area (Å²) >= 11 is 0. The molecule has 0 aromatic heterocycles. The summed E-state index contributed by atoms with van der Waals surface area (Å²) in [5, 5.41) is 0. The number of Topliss-reactive ketones (excluding diaryl/α,β-unsaturated/α-hetero) is 2. The third-order valence-electron chi connectivity index (χ3n) is 8.66. The molecule has 5 fully saturated rings. The van der Waals surface area contributed by atoms with Gasteiger partial charge in [-0.15, -0.1) is 0 Å². The molecule has 152 valence electrons. The number of amides is 2. The van der Waals surface area contributed by atoms with Gasteiger partial charge in [-0.05, 0) is 38.5 Å². The molecule has 5 rings (SSSR count). The van der Waals surface area contributed by atoms with Crippen LogP contribution < -0.4 is 0 Å². The normalized spacial score (nSPS) is 45.9. The lowest BCUT2D eigenvalue weighted by molar-refractivity contribution is -0.161. The topological polar surface area (TPSA) is 74.8 Å². The van der Waals surface area contributed by atoms with Crippen LogP contribution >= 0.6 is 0 Å². The molecular weight excluding hydrogens is 356 g/mol. The lowest BCUT2D eigenvalue weighted by Gasteiger charge is -2.44. The van der Waals surface area contributed by atoms with Gasteiger partial charge in [-0.1, -0.05) is 26.7 Å². The first-order valence-electron chi connectivity index (χ1n) is 11.0. The molecular formula is C22H30N2O4. The molecule has 0 aromatic rings. The molecule has 2 amide bonds. The zero-order valence-corrected chi connectivity index (χ0v) is 16.9. The Balaban J connectivity index is 1.55. The number of nitrogens with zero attached hydrogens (tertiary/aromatic N) is 2. The van der Waals surface area contributed by atoms with E-state index in [9.17, 15) is 19.2 Å². The highest BCUT2D eigenvalue weighted by Crippen LogP contribution is 2.54. The van der Waals surface area contributed by atoms with Gasteiger partial charge in [-0.2, -0.15) is 0 Å². The van der Waals surface area contributed by atoms with Crippen molar-refractivity contribution in [2.24, 2.45) is 10.8 Å². The molecule has 0 unspecified atom stereocenters. The maximum Gasteiger partial charge on any atom is 0.246 e. The number of carbonyl (C=O) groups excluding carboxylic acids is 4. The number of fused-ring (bicyclic) bond motifs is 6. The molecule has 3 aliphatic heterocycles. The Morgan fingerprint density at radius 1 is 0.679 bits per heavy atom. The second-order valence-electron chi connectivity index (χ2n) is 10.1. The molecule has 0 radical (unpaired) electrons. The molecule has 2 saturated carbocycles. The van der Waals surface area contributed by atoms with E-state index in [1.807, 2.05) is 13.8 Å². The molecule has 6 heteroatoms. The zero-order valence-electron chi connectivity index (χ0n) is 16.9. The van der Waals surface area contributed by atoms with Crippen LogP contribution in [-0.4, -0.2) is 57.3 Å². The predicted molar refractivity (Wildman–Crippen MR) is 101 cm³/mol. The van der Waals surface area contributed by atoms with E-state index < -0.39 is 22.9 Å². The van der Waals surface area contributed by atoms with Crippen molar-refractivity contribution in [3.63, 3.8) is 0 Å². The van der Waals surface area contributed by atoms with Crippen molar-refractivity contribution >= 4 is 23.4 Å². The second-order valence-corrected chi connectivity index (χ2v) is 10.1. The van der Waals surface area contributed by atoms with Crippen LogP contribution in [0.5, 0.6) is 0 Å². The van der Waals surface area contributed by atoms with Gasteiger partial charge in [-0.25, -0.2) is 0 Å². The quantitative estimate of drug-likeness (QED) is 0.640. The van der Waals surface area contributed by atoms with E-state index >= 15 is 0 Å². The van der Waals surface area contributed by atoms with E-state index in [1.54, 1.807) is 9.80 Å². The summed E-state index contributed by atoms with van der Waals surface area (Å²) in [6, 6.07) is -1.39. The predicted octanol–water partition coefficient (Wildman–Crippen LogP) is 2.24. The van der Waals surface area contributed by atoms with Crippen molar-refractivity contribution in [2.45, 2.75) is 102 Å². The van der Waals surface area contributed by atoms with Crippen LogP contribution in [-0.2, 0) is 19.2 Å². The van der Waals surface area contributed by atoms with Crippen LogP contribution in [0.2, 0.25) is 0 Å². The van der Waals surface area contributed by atoms with Crippen molar-refractivity contribution in [3.8, 4) is 0 Å². The van der Waals surface area contributed by atoms with Crippen LogP contribution in [0.25, 0.3) is 0 Å². The van der Waals surface area contributed by atoms with Crippen molar-refractivity contribution in [2.75, 3.05) is 0 Å². The Kier molecular flexibility index (Phi) is 3.86. The molecule has 0 spiro atoms. The molecule has 3 heterocycles. The minimum absolute atomic E-state index is 0.0184. The fourth-order valence-corrected chi connectivity index (χ4v) is 7.02. The largest absolute Gasteiger partial charge is 0.325 e. The minimum atomic E-state index is -0.602. The molecule has 5 aliphatic rings. The summed E-state index contributed by atoms with van der Waals surface area (Å²) in [5.41, 5.74) is -1.20. The Bertz CT molecular complexity index is 714. The average Bonchev–Trinajstić information content (AvgIpc) is 3.03. The lowest BCUT2D eigenvalue weighted by atomic mass is 9.76. The molecule has 28 heavy (non-hydrogen) atoms. The summed E-state index contributed by atoms with van der Waals surface area (Å²) in [4.78, 5) is 56.6. The number of piperazine rings is 1. The van der Waals surface area contributed by atoms with Crippen molar-refractivity contribution in [1.29, 1.82) is 0 Å². The lowest BCUT2D eigenvalue weighted by Crippen LogP contribution is -2.64. The van der Waals surface area contributed by atoms with Gasteiger partial charge >= 0.3 is 0 Å². The van der Waals surface area contributed by atoms with Crippen molar-refractivity contribution in [3.05, 3.63) is 0 Å². The number of hydrogen-bond donors (Lipinski definition) is 0. The molecule has 0 bridgehead atoms.